The van der Waals surface area contributed by atoms with E-state index in [1.165, 1.54) is 0 Å². The molecule has 1 aliphatic rings. The fourth-order valence-electron chi connectivity index (χ4n) is 2.11. The van der Waals surface area contributed by atoms with E-state index >= 15 is 0 Å². The summed E-state index contributed by atoms with van der Waals surface area (Å²) in [7, 11) is 1.83. The van der Waals surface area contributed by atoms with Gasteiger partial charge >= 0.3 is 0 Å². The second-order valence-corrected chi connectivity index (χ2v) is 4.47. The molecule has 2 rings (SSSR count). The molecule has 2 heterocycles. The highest BCUT2D eigenvalue weighted by atomic mass is 16.2. The van der Waals surface area contributed by atoms with Crippen molar-refractivity contribution < 1.29 is 4.79 Å². The van der Waals surface area contributed by atoms with E-state index in [-0.39, 0.29) is 11.8 Å². The average molecular weight is 222 g/mol. The predicted molar refractivity (Wildman–Crippen MR) is 60.6 cm³/mol. The third kappa shape index (κ3) is 2.24. The van der Waals surface area contributed by atoms with Crippen LogP contribution >= 0.6 is 0 Å². The van der Waals surface area contributed by atoms with Gasteiger partial charge in [0, 0.05) is 26.0 Å². The second-order valence-electron chi connectivity index (χ2n) is 4.47. The van der Waals surface area contributed by atoms with Crippen molar-refractivity contribution in [1.29, 1.82) is 0 Å². The third-order valence-corrected chi connectivity index (χ3v) is 3.15. The van der Waals surface area contributed by atoms with Crippen LogP contribution in [0, 0.1) is 11.8 Å². The number of imidazole rings is 1. The molecule has 1 aliphatic heterocycles. The van der Waals surface area contributed by atoms with Crippen molar-refractivity contribution in [3.63, 3.8) is 0 Å². The Labute approximate surface area is 95.2 Å². The van der Waals surface area contributed by atoms with Crippen molar-refractivity contribution in [2.75, 3.05) is 20.1 Å². The van der Waals surface area contributed by atoms with Crippen molar-refractivity contribution in [3.05, 3.63) is 18.2 Å². The Morgan fingerprint density at radius 3 is 3.00 bits per heavy atom. The van der Waals surface area contributed by atoms with E-state index in [1.54, 1.807) is 17.3 Å². The first kappa shape index (κ1) is 11.1. The molecule has 0 aromatic carbocycles. The molecule has 0 saturated carbocycles. The quantitative estimate of drug-likeness (QED) is 0.769. The van der Waals surface area contributed by atoms with E-state index < -0.39 is 0 Å². The van der Waals surface area contributed by atoms with Gasteiger partial charge in [0.1, 0.15) is 5.82 Å². The van der Waals surface area contributed by atoms with Crippen LogP contribution in [0.2, 0.25) is 0 Å². The van der Waals surface area contributed by atoms with Crippen LogP contribution in [0.15, 0.2) is 12.4 Å². The van der Waals surface area contributed by atoms with Gasteiger partial charge in [-0.15, -0.1) is 0 Å². The summed E-state index contributed by atoms with van der Waals surface area (Å²) >= 11 is 0. The summed E-state index contributed by atoms with van der Waals surface area (Å²) in [5.74, 6) is 1.56. The number of nitrogens with zero attached hydrogens (tertiary/aromatic N) is 2. The molecule has 0 radical (unpaired) electrons. The maximum absolute atomic E-state index is 12.1. The molecule has 1 amide bonds. The maximum Gasteiger partial charge on any atom is 0.227 e. The van der Waals surface area contributed by atoms with Gasteiger partial charge in [0.2, 0.25) is 5.91 Å². The Hall–Kier alpha value is -1.36. The zero-order valence-corrected chi connectivity index (χ0v) is 9.73. The second kappa shape index (κ2) is 4.65. The molecule has 5 heteroatoms. The SMILES string of the molecule is C[C@@H]1CNC[C@H]1C(=O)N(C)Cc1ncc[nH]1. The first-order valence-electron chi connectivity index (χ1n) is 5.62. The predicted octanol–water partition coefficient (Wildman–Crippen LogP) is 0.224. The number of carbonyl (C=O) groups excluding carboxylic acids is 1. The van der Waals surface area contributed by atoms with Gasteiger partial charge in [-0.1, -0.05) is 6.92 Å². The van der Waals surface area contributed by atoms with Crippen LogP contribution in [0.5, 0.6) is 0 Å². The van der Waals surface area contributed by atoms with Crippen molar-refractivity contribution in [1.82, 2.24) is 20.2 Å². The number of hydrogen-bond acceptors (Lipinski definition) is 3. The highest BCUT2D eigenvalue weighted by Gasteiger charge is 2.31. The van der Waals surface area contributed by atoms with Crippen LogP contribution in [0.3, 0.4) is 0 Å². The number of carbonyl (C=O) groups is 1. The fraction of sp³-hybridized carbons (Fsp3) is 0.636. The molecular weight excluding hydrogens is 204 g/mol. The lowest BCUT2D eigenvalue weighted by atomic mass is 9.97. The smallest absolute Gasteiger partial charge is 0.227 e. The number of rotatable bonds is 3. The van der Waals surface area contributed by atoms with Crippen LogP contribution in [0.25, 0.3) is 0 Å². The lowest BCUT2D eigenvalue weighted by molar-refractivity contribution is -0.135. The van der Waals surface area contributed by atoms with Gasteiger partial charge in [0.05, 0.1) is 12.5 Å². The lowest BCUT2D eigenvalue weighted by Gasteiger charge is -2.21. The van der Waals surface area contributed by atoms with Gasteiger partial charge in [-0.05, 0) is 12.5 Å². The molecule has 1 aromatic heterocycles. The van der Waals surface area contributed by atoms with Gasteiger partial charge < -0.3 is 15.2 Å². The number of H-pyrrole nitrogens is 1. The Balaban J connectivity index is 1.94. The summed E-state index contributed by atoms with van der Waals surface area (Å²) in [5, 5.41) is 3.25. The number of aromatic nitrogens is 2. The molecule has 2 N–H and O–H groups in total. The number of nitrogens with one attached hydrogen (secondary N) is 2. The van der Waals surface area contributed by atoms with Gasteiger partial charge in [0.15, 0.2) is 0 Å². The van der Waals surface area contributed by atoms with Gasteiger partial charge in [-0.3, -0.25) is 4.79 Å². The summed E-state index contributed by atoms with van der Waals surface area (Å²) in [6.07, 6.45) is 3.47. The zero-order valence-electron chi connectivity index (χ0n) is 9.73. The number of aromatic amines is 1. The monoisotopic (exact) mass is 222 g/mol. The van der Waals surface area contributed by atoms with E-state index in [9.17, 15) is 4.79 Å². The minimum absolute atomic E-state index is 0.111. The van der Waals surface area contributed by atoms with Gasteiger partial charge in [-0.2, -0.15) is 0 Å². The van der Waals surface area contributed by atoms with Crippen LogP contribution in [-0.4, -0.2) is 40.9 Å². The average Bonchev–Trinajstić information content (AvgIpc) is 2.88. The minimum atomic E-state index is 0.111. The van der Waals surface area contributed by atoms with E-state index in [0.717, 1.165) is 18.9 Å². The lowest BCUT2D eigenvalue weighted by Crippen LogP contribution is -2.35. The standard InChI is InChI=1S/C11H18N4O/c1-8-5-12-6-9(8)11(16)15(2)7-10-13-3-4-14-10/h3-4,8-9,12H,5-7H2,1-2H3,(H,13,14)/t8-,9-/m1/s1. The van der Waals surface area contributed by atoms with Crippen molar-refractivity contribution in [2.45, 2.75) is 13.5 Å². The molecule has 1 saturated heterocycles. The largest absolute Gasteiger partial charge is 0.347 e. The molecule has 88 valence electrons. The molecule has 0 aliphatic carbocycles. The first-order valence-corrected chi connectivity index (χ1v) is 5.62. The first-order chi connectivity index (χ1) is 7.68. The van der Waals surface area contributed by atoms with E-state index in [4.69, 9.17) is 0 Å². The molecule has 0 bridgehead atoms. The molecule has 2 atom stereocenters. The Morgan fingerprint density at radius 2 is 2.44 bits per heavy atom. The molecule has 16 heavy (non-hydrogen) atoms. The van der Waals surface area contributed by atoms with Crippen LogP contribution in [0.4, 0.5) is 0 Å². The van der Waals surface area contributed by atoms with Crippen LogP contribution < -0.4 is 5.32 Å². The minimum Gasteiger partial charge on any atom is -0.347 e. The van der Waals surface area contributed by atoms with E-state index in [1.807, 2.05) is 7.05 Å². The molecule has 1 fully saturated rings. The third-order valence-electron chi connectivity index (χ3n) is 3.15. The summed E-state index contributed by atoms with van der Waals surface area (Å²) < 4.78 is 0. The Morgan fingerprint density at radius 1 is 1.62 bits per heavy atom. The van der Waals surface area contributed by atoms with Crippen LogP contribution in [0.1, 0.15) is 12.7 Å². The maximum atomic E-state index is 12.1. The van der Waals surface area contributed by atoms with Crippen molar-refractivity contribution >= 4 is 5.91 Å². The fourth-order valence-corrected chi connectivity index (χ4v) is 2.11. The highest BCUT2D eigenvalue weighted by Crippen LogP contribution is 2.18. The topological polar surface area (TPSA) is 61.0 Å². The molecular formula is C11H18N4O. The Bertz CT molecular complexity index is 349. The highest BCUT2D eigenvalue weighted by molar-refractivity contribution is 5.79. The molecule has 0 unspecified atom stereocenters. The summed E-state index contributed by atoms with van der Waals surface area (Å²) in [6, 6.07) is 0. The van der Waals surface area contributed by atoms with Gasteiger partial charge in [0.25, 0.3) is 0 Å². The van der Waals surface area contributed by atoms with Crippen molar-refractivity contribution in [3.8, 4) is 0 Å². The number of hydrogen-bond donors (Lipinski definition) is 2. The normalized spacial score (nSPS) is 24.6. The van der Waals surface area contributed by atoms with Crippen molar-refractivity contribution in [2.24, 2.45) is 11.8 Å². The summed E-state index contributed by atoms with van der Waals surface area (Å²) in [5.41, 5.74) is 0. The summed E-state index contributed by atoms with van der Waals surface area (Å²) in [6.45, 7) is 4.39. The van der Waals surface area contributed by atoms with Crippen LogP contribution in [-0.2, 0) is 11.3 Å². The molecule has 5 nitrogen and oxygen atoms in total. The molecule has 0 spiro atoms. The van der Waals surface area contributed by atoms with E-state index in [2.05, 4.69) is 22.2 Å². The molecule has 1 aromatic rings. The summed E-state index contributed by atoms with van der Waals surface area (Å²) in [4.78, 5) is 21.0. The Kier molecular flexibility index (Phi) is 3.24. The number of amides is 1. The van der Waals surface area contributed by atoms with E-state index in [0.29, 0.717) is 12.5 Å². The van der Waals surface area contributed by atoms with Gasteiger partial charge in [-0.25, -0.2) is 4.98 Å². The zero-order chi connectivity index (χ0) is 11.5.